The Morgan fingerprint density at radius 2 is 1.64 bits per heavy atom. The summed E-state index contributed by atoms with van der Waals surface area (Å²) >= 11 is 5.45. The van der Waals surface area contributed by atoms with Crippen molar-refractivity contribution in [3.05, 3.63) is 53.6 Å². The molecule has 2 N–H and O–H groups in total. The van der Waals surface area contributed by atoms with E-state index in [9.17, 15) is 27.1 Å². The zero-order valence-corrected chi connectivity index (χ0v) is 13.3. The molecule has 0 fully saturated rings. The van der Waals surface area contributed by atoms with Crippen LogP contribution < -0.4 is 10.1 Å². The van der Waals surface area contributed by atoms with Gasteiger partial charge in [0.1, 0.15) is 5.75 Å². The Hall–Kier alpha value is -2.06. The molecule has 2 rings (SSSR count). The first-order valence-electron chi connectivity index (χ1n) is 7.02. The summed E-state index contributed by atoms with van der Waals surface area (Å²) in [5, 5.41) is 12.2. The molecular formula is C16H13ClF5NO2. The molecule has 0 spiro atoms. The zero-order chi connectivity index (χ0) is 18.6. The van der Waals surface area contributed by atoms with E-state index in [0.29, 0.717) is 5.69 Å². The Morgan fingerprint density at radius 1 is 1.08 bits per heavy atom. The topological polar surface area (TPSA) is 41.5 Å². The van der Waals surface area contributed by atoms with E-state index >= 15 is 0 Å². The predicted octanol–water partition coefficient (Wildman–Crippen LogP) is 4.79. The zero-order valence-electron chi connectivity index (χ0n) is 12.6. The van der Waals surface area contributed by atoms with Crippen molar-refractivity contribution >= 4 is 17.3 Å². The number of hydrogen-bond acceptors (Lipinski definition) is 3. The van der Waals surface area contributed by atoms with Gasteiger partial charge in [0.05, 0.1) is 17.5 Å². The van der Waals surface area contributed by atoms with Crippen LogP contribution in [-0.4, -0.2) is 23.6 Å². The van der Waals surface area contributed by atoms with Crippen LogP contribution in [0.4, 0.5) is 27.6 Å². The van der Waals surface area contributed by atoms with Crippen molar-refractivity contribution < 1.29 is 31.8 Å². The average molecular weight is 382 g/mol. The van der Waals surface area contributed by atoms with Crippen LogP contribution in [0.15, 0.2) is 36.4 Å². The second-order valence-electron chi connectivity index (χ2n) is 5.08. The normalized spacial score (nSPS) is 12.8. The first-order chi connectivity index (χ1) is 11.7. The third-order valence-electron chi connectivity index (χ3n) is 3.12. The third-order valence-corrected chi connectivity index (χ3v) is 3.48. The third kappa shape index (κ3) is 5.20. The number of anilines is 1. The van der Waals surface area contributed by atoms with Gasteiger partial charge in [-0.05, 0) is 36.4 Å². The molecule has 1 unspecified atom stereocenters. The van der Waals surface area contributed by atoms with E-state index in [1.807, 2.05) is 0 Å². The van der Waals surface area contributed by atoms with Gasteiger partial charge in [-0.1, -0.05) is 0 Å². The molecule has 0 bridgehead atoms. The molecule has 0 aliphatic heterocycles. The minimum Gasteiger partial charge on any atom is -0.451 e. The van der Waals surface area contributed by atoms with Gasteiger partial charge in [0.25, 0.3) is 0 Å². The van der Waals surface area contributed by atoms with Gasteiger partial charge in [-0.3, -0.25) is 0 Å². The predicted molar refractivity (Wildman–Crippen MR) is 83.1 cm³/mol. The van der Waals surface area contributed by atoms with E-state index in [-0.39, 0.29) is 30.3 Å². The number of alkyl halides is 4. The minimum absolute atomic E-state index is 0.0287. The summed E-state index contributed by atoms with van der Waals surface area (Å²) in [5.74, 6) is -3.76. The highest BCUT2D eigenvalue weighted by atomic mass is 35.5. The molecule has 0 aromatic heterocycles. The Balaban J connectivity index is 2.12. The quantitative estimate of drug-likeness (QED) is 0.558. The van der Waals surface area contributed by atoms with Crippen LogP contribution in [0.3, 0.4) is 0 Å². The molecule has 25 heavy (non-hydrogen) atoms. The van der Waals surface area contributed by atoms with Crippen molar-refractivity contribution in [1.29, 1.82) is 0 Å². The molecule has 2 aromatic carbocycles. The highest BCUT2D eigenvalue weighted by Gasteiger charge is 2.33. The Labute approximate surface area is 145 Å². The van der Waals surface area contributed by atoms with Gasteiger partial charge in [0.2, 0.25) is 0 Å². The van der Waals surface area contributed by atoms with Crippen LogP contribution in [0.1, 0.15) is 5.56 Å². The highest BCUT2D eigenvalue weighted by Crippen LogP contribution is 2.35. The Kier molecular flexibility index (Phi) is 6.07. The summed E-state index contributed by atoms with van der Waals surface area (Å²) in [7, 11) is 0. The molecule has 2 aromatic rings. The molecule has 0 aliphatic carbocycles. The summed E-state index contributed by atoms with van der Waals surface area (Å²) in [4.78, 5) is 0. The first kappa shape index (κ1) is 19.3. The molecule has 0 heterocycles. The largest absolute Gasteiger partial charge is 0.451 e. The van der Waals surface area contributed by atoms with Crippen LogP contribution in [0.2, 0.25) is 0 Å². The average Bonchev–Trinajstić information content (AvgIpc) is 2.56. The van der Waals surface area contributed by atoms with Crippen molar-refractivity contribution in [1.82, 2.24) is 0 Å². The molecule has 1 atom stereocenters. The van der Waals surface area contributed by atoms with Crippen molar-refractivity contribution in [3.8, 4) is 11.5 Å². The van der Waals surface area contributed by atoms with Crippen molar-refractivity contribution in [2.45, 2.75) is 12.3 Å². The SMILES string of the molecule is OC(CCl)CNc1ccc(Oc2c(F)cc(C(F)(F)F)cc2F)cc1. The molecule has 3 nitrogen and oxygen atoms in total. The second-order valence-corrected chi connectivity index (χ2v) is 5.39. The van der Waals surface area contributed by atoms with Gasteiger partial charge in [-0.15, -0.1) is 11.6 Å². The van der Waals surface area contributed by atoms with E-state index in [2.05, 4.69) is 5.32 Å². The second kappa shape index (κ2) is 7.88. The Morgan fingerprint density at radius 3 is 2.12 bits per heavy atom. The molecule has 0 aliphatic rings. The van der Waals surface area contributed by atoms with Crippen molar-refractivity contribution in [2.75, 3.05) is 17.7 Å². The molecular weight excluding hydrogens is 369 g/mol. The number of hydrogen-bond donors (Lipinski definition) is 2. The van der Waals surface area contributed by atoms with Gasteiger partial charge >= 0.3 is 6.18 Å². The lowest BCUT2D eigenvalue weighted by atomic mass is 10.2. The standard InChI is InChI=1S/C16H13ClF5NO2/c17-7-11(24)8-23-10-1-3-12(4-2-10)25-15-13(18)5-9(6-14(15)19)16(20,21)22/h1-6,11,23-24H,7-8H2. The summed E-state index contributed by atoms with van der Waals surface area (Å²) in [6.07, 6.45) is -5.60. The maximum atomic E-state index is 13.7. The Bertz CT molecular complexity index is 698. The van der Waals surface area contributed by atoms with Gasteiger partial charge in [0.15, 0.2) is 17.4 Å². The van der Waals surface area contributed by atoms with Crippen LogP contribution >= 0.6 is 11.6 Å². The summed E-state index contributed by atoms with van der Waals surface area (Å²) in [6, 6.07) is 6.09. The molecule has 136 valence electrons. The summed E-state index contributed by atoms with van der Waals surface area (Å²) in [6.45, 7) is 0.200. The number of benzene rings is 2. The van der Waals surface area contributed by atoms with Crippen molar-refractivity contribution in [2.24, 2.45) is 0 Å². The van der Waals surface area contributed by atoms with Gasteiger partial charge in [-0.2, -0.15) is 13.2 Å². The molecule has 0 amide bonds. The van der Waals surface area contributed by atoms with Gasteiger partial charge in [-0.25, -0.2) is 8.78 Å². The van der Waals surface area contributed by atoms with Crippen LogP contribution in [-0.2, 0) is 6.18 Å². The van der Waals surface area contributed by atoms with Crippen LogP contribution in [0.5, 0.6) is 11.5 Å². The number of halogens is 6. The fraction of sp³-hybridized carbons (Fsp3) is 0.250. The molecule has 0 saturated heterocycles. The lowest BCUT2D eigenvalue weighted by Crippen LogP contribution is -2.20. The smallest absolute Gasteiger partial charge is 0.416 e. The lowest BCUT2D eigenvalue weighted by molar-refractivity contribution is -0.138. The number of rotatable bonds is 6. The monoisotopic (exact) mass is 381 g/mol. The highest BCUT2D eigenvalue weighted by molar-refractivity contribution is 6.18. The summed E-state index contributed by atoms with van der Waals surface area (Å²) in [5.41, 5.74) is -0.850. The van der Waals surface area contributed by atoms with E-state index in [1.165, 1.54) is 24.3 Å². The van der Waals surface area contributed by atoms with Gasteiger partial charge < -0.3 is 15.2 Å². The fourth-order valence-electron chi connectivity index (χ4n) is 1.87. The molecule has 0 radical (unpaired) electrons. The van der Waals surface area contributed by atoms with Crippen LogP contribution in [0.25, 0.3) is 0 Å². The molecule has 9 heteroatoms. The van der Waals surface area contributed by atoms with Gasteiger partial charge in [0, 0.05) is 12.2 Å². The first-order valence-corrected chi connectivity index (χ1v) is 7.56. The number of ether oxygens (including phenoxy) is 1. The maximum Gasteiger partial charge on any atom is 0.416 e. The number of nitrogens with one attached hydrogen (secondary N) is 1. The number of aliphatic hydroxyl groups excluding tert-OH is 1. The van der Waals surface area contributed by atoms with E-state index in [4.69, 9.17) is 16.3 Å². The summed E-state index contributed by atoms with van der Waals surface area (Å²) < 4.78 is 70.0. The lowest BCUT2D eigenvalue weighted by Gasteiger charge is -2.13. The fourth-order valence-corrected chi connectivity index (χ4v) is 1.98. The maximum absolute atomic E-state index is 13.7. The van der Waals surface area contributed by atoms with E-state index in [0.717, 1.165) is 0 Å². The van der Waals surface area contributed by atoms with Crippen LogP contribution in [0, 0.1) is 11.6 Å². The minimum atomic E-state index is -4.86. The van der Waals surface area contributed by atoms with Crippen molar-refractivity contribution in [3.63, 3.8) is 0 Å². The van der Waals surface area contributed by atoms with E-state index in [1.54, 1.807) is 0 Å². The molecule has 0 saturated carbocycles. The van der Waals surface area contributed by atoms with E-state index < -0.39 is 35.2 Å². The number of aliphatic hydroxyl groups is 1.